The van der Waals surface area contributed by atoms with Gasteiger partial charge in [0.1, 0.15) is 6.04 Å². The fourth-order valence-electron chi connectivity index (χ4n) is 4.43. The van der Waals surface area contributed by atoms with Gasteiger partial charge in [-0.2, -0.15) is 0 Å². The van der Waals surface area contributed by atoms with Crippen molar-refractivity contribution in [3.63, 3.8) is 0 Å². The molecular formula is C29H32N4O3. The van der Waals surface area contributed by atoms with E-state index in [1.54, 1.807) is 24.3 Å². The van der Waals surface area contributed by atoms with Crippen LogP contribution >= 0.6 is 0 Å². The quantitative estimate of drug-likeness (QED) is 0.455. The average Bonchev–Trinajstić information content (AvgIpc) is 2.90. The van der Waals surface area contributed by atoms with Crippen LogP contribution in [0.1, 0.15) is 34.5 Å². The molecule has 0 bridgehead atoms. The van der Waals surface area contributed by atoms with Crippen molar-refractivity contribution in [3.05, 3.63) is 102 Å². The van der Waals surface area contributed by atoms with Crippen molar-refractivity contribution in [3.8, 4) is 0 Å². The second-order valence-electron chi connectivity index (χ2n) is 9.01. The van der Waals surface area contributed by atoms with Crippen molar-refractivity contribution in [1.29, 1.82) is 0 Å². The van der Waals surface area contributed by atoms with Crippen molar-refractivity contribution in [1.82, 2.24) is 15.1 Å². The number of Topliss-reactive ketones (excluding diaryl/α,β-unsaturated/α-hetero) is 1. The van der Waals surface area contributed by atoms with Gasteiger partial charge in [0.25, 0.3) is 0 Å². The van der Waals surface area contributed by atoms with Crippen molar-refractivity contribution in [2.24, 2.45) is 0 Å². The zero-order chi connectivity index (χ0) is 25.3. The fraction of sp³-hybridized carbons (Fsp3) is 0.276. The van der Waals surface area contributed by atoms with Gasteiger partial charge in [-0.1, -0.05) is 72.8 Å². The van der Waals surface area contributed by atoms with Crippen LogP contribution in [0.5, 0.6) is 0 Å². The summed E-state index contributed by atoms with van der Waals surface area (Å²) in [5, 5.41) is 5.98. The molecule has 36 heavy (non-hydrogen) atoms. The smallest absolute Gasteiger partial charge is 0.246 e. The predicted molar refractivity (Wildman–Crippen MR) is 141 cm³/mol. The van der Waals surface area contributed by atoms with Gasteiger partial charge in [0, 0.05) is 44.0 Å². The van der Waals surface area contributed by atoms with E-state index in [2.05, 4.69) is 20.4 Å². The first kappa shape index (κ1) is 25.3. The van der Waals surface area contributed by atoms with Crippen LogP contribution in [-0.4, -0.2) is 60.1 Å². The molecule has 0 aliphatic carbocycles. The Morgan fingerprint density at radius 1 is 0.833 bits per heavy atom. The van der Waals surface area contributed by atoms with Gasteiger partial charge in [0.2, 0.25) is 11.8 Å². The minimum Gasteiger partial charge on any atom is -0.351 e. The summed E-state index contributed by atoms with van der Waals surface area (Å²) in [4.78, 5) is 41.9. The highest BCUT2D eigenvalue weighted by Crippen LogP contribution is 2.24. The van der Waals surface area contributed by atoms with Crippen molar-refractivity contribution in [2.75, 3.05) is 38.0 Å². The molecule has 1 atom stereocenters. The Morgan fingerprint density at radius 2 is 1.50 bits per heavy atom. The molecule has 1 heterocycles. The minimum atomic E-state index is -0.471. The first-order valence-electron chi connectivity index (χ1n) is 12.2. The van der Waals surface area contributed by atoms with Gasteiger partial charge in [-0.15, -0.1) is 0 Å². The Kier molecular flexibility index (Phi) is 8.60. The zero-order valence-corrected chi connectivity index (χ0v) is 20.5. The Hall–Kier alpha value is -3.81. The molecule has 1 unspecified atom stereocenters. The van der Waals surface area contributed by atoms with E-state index in [1.807, 2.05) is 60.7 Å². The van der Waals surface area contributed by atoms with E-state index in [4.69, 9.17) is 0 Å². The maximum Gasteiger partial charge on any atom is 0.246 e. The Labute approximate surface area is 212 Å². The fourth-order valence-corrected chi connectivity index (χ4v) is 4.43. The zero-order valence-electron chi connectivity index (χ0n) is 20.5. The van der Waals surface area contributed by atoms with Crippen LogP contribution in [0.3, 0.4) is 0 Å². The standard InChI is InChI=1S/C29H32N4O3/c1-22(34)25-13-8-14-26(19-25)31-29(36)28(24-11-6-3-7-12-24)33-17-15-32(16-18-33)21-27(35)30-20-23-9-4-2-5-10-23/h2-14,19,28H,15-18,20-21H2,1H3,(H,30,35)(H,31,36). The minimum absolute atomic E-state index is 0.00462. The van der Waals surface area contributed by atoms with E-state index in [-0.39, 0.29) is 17.6 Å². The SMILES string of the molecule is CC(=O)c1cccc(NC(=O)C(c2ccccc2)N2CCN(CC(=O)NCc3ccccc3)CC2)c1. The number of carbonyl (C=O) groups is 3. The van der Waals surface area contributed by atoms with Gasteiger partial charge in [-0.05, 0) is 30.2 Å². The number of piperazine rings is 1. The third-order valence-electron chi connectivity index (χ3n) is 6.37. The molecule has 1 fully saturated rings. The number of nitrogens with zero attached hydrogens (tertiary/aromatic N) is 2. The highest BCUT2D eigenvalue weighted by atomic mass is 16.2. The Bertz CT molecular complexity index is 1180. The summed E-state index contributed by atoms with van der Waals surface area (Å²) in [6.45, 7) is 5.06. The molecule has 0 saturated carbocycles. The number of anilines is 1. The largest absolute Gasteiger partial charge is 0.351 e. The van der Waals surface area contributed by atoms with E-state index in [9.17, 15) is 14.4 Å². The topological polar surface area (TPSA) is 81.8 Å². The van der Waals surface area contributed by atoms with Crippen LogP contribution in [0.2, 0.25) is 0 Å². The maximum absolute atomic E-state index is 13.5. The van der Waals surface area contributed by atoms with Crippen LogP contribution in [0.4, 0.5) is 5.69 Å². The van der Waals surface area contributed by atoms with Crippen LogP contribution in [0.25, 0.3) is 0 Å². The number of amides is 2. The number of carbonyl (C=O) groups excluding carboxylic acids is 3. The first-order valence-corrected chi connectivity index (χ1v) is 12.2. The summed E-state index contributed by atoms with van der Waals surface area (Å²) in [5.74, 6) is -0.194. The molecule has 186 valence electrons. The number of rotatable bonds is 9. The monoisotopic (exact) mass is 484 g/mol. The van der Waals surface area contributed by atoms with Gasteiger partial charge < -0.3 is 10.6 Å². The molecule has 3 aromatic rings. The van der Waals surface area contributed by atoms with E-state index in [1.165, 1.54) is 6.92 Å². The maximum atomic E-state index is 13.5. The lowest BCUT2D eigenvalue weighted by Crippen LogP contribution is -2.52. The summed E-state index contributed by atoms with van der Waals surface area (Å²) >= 11 is 0. The van der Waals surface area contributed by atoms with Crippen LogP contribution in [0, 0.1) is 0 Å². The molecule has 7 nitrogen and oxygen atoms in total. The summed E-state index contributed by atoms with van der Waals surface area (Å²) in [6, 6.07) is 26.1. The Balaban J connectivity index is 1.37. The number of hydrogen-bond acceptors (Lipinski definition) is 5. The average molecular weight is 485 g/mol. The van der Waals surface area contributed by atoms with E-state index < -0.39 is 6.04 Å². The first-order chi connectivity index (χ1) is 17.5. The third-order valence-corrected chi connectivity index (χ3v) is 6.37. The van der Waals surface area contributed by atoms with E-state index in [0.717, 1.165) is 11.1 Å². The predicted octanol–water partition coefficient (Wildman–Crippen LogP) is 3.50. The summed E-state index contributed by atoms with van der Waals surface area (Å²) < 4.78 is 0. The van der Waals surface area contributed by atoms with Crippen molar-refractivity contribution in [2.45, 2.75) is 19.5 Å². The molecule has 1 aliphatic heterocycles. The molecule has 0 spiro atoms. The highest BCUT2D eigenvalue weighted by molar-refractivity contribution is 5.98. The third kappa shape index (κ3) is 6.87. The van der Waals surface area contributed by atoms with E-state index >= 15 is 0 Å². The molecule has 1 aliphatic rings. The molecule has 4 rings (SSSR count). The summed E-state index contributed by atoms with van der Waals surface area (Å²) in [5.41, 5.74) is 3.14. The van der Waals surface area contributed by atoms with Crippen molar-refractivity contribution < 1.29 is 14.4 Å². The van der Waals surface area contributed by atoms with Crippen LogP contribution in [-0.2, 0) is 16.1 Å². The molecule has 0 radical (unpaired) electrons. The molecular weight excluding hydrogens is 452 g/mol. The normalized spacial score (nSPS) is 15.1. The van der Waals surface area contributed by atoms with E-state index in [0.29, 0.717) is 50.5 Å². The van der Waals surface area contributed by atoms with Gasteiger partial charge in [0.15, 0.2) is 5.78 Å². The van der Waals surface area contributed by atoms with Crippen molar-refractivity contribution >= 4 is 23.3 Å². The van der Waals surface area contributed by atoms with Crippen LogP contribution in [0.15, 0.2) is 84.9 Å². The number of ketones is 1. The number of benzene rings is 3. The number of nitrogens with one attached hydrogen (secondary N) is 2. The van der Waals surface area contributed by atoms with Gasteiger partial charge >= 0.3 is 0 Å². The second-order valence-corrected chi connectivity index (χ2v) is 9.01. The van der Waals surface area contributed by atoms with Gasteiger partial charge in [-0.25, -0.2) is 0 Å². The summed E-state index contributed by atoms with van der Waals surface area (Å²) in [7, 11) is 0. The van der Waals surface area contributed by atoms with Gasteiger partial charge in [-0.3, -0.25) is 24.2 Å². The highest BCUT2D eigenvalue weighted by Gasteiger charge is 2.31. The second kappa shape index (κ2) is 12.2. The molecule has 0 aromatic heterocycles. The molecule has 1 saturated heterocycles. The lowest BCUT2D eigenvalue weighted by molar-refractivity contribution is -0.125. The summed E-state index contributed by atoms with van der Waals surface area (Å²) in [6.07, 6.45) is 0. The lowest BCUT2D eigenvalue weighted by Gasteiger charge is -2.38. The molecule has 2 amide bonds. The Morgan fingerprint density at radius 3 is 2.17 bits per heavy atom. The number of hydrogen-bond donors (Lipinski definition) is 2. The van der Waals surface area contributed by atoms with Crippen LogP contribution < -0.4 is 10.6 Å². The van der Waals surface area contributed by atoms with Gasteiger partial charge in [0.05, 0.1) is 6.54 Å². The molecule has 2 N–H and O–H groups in total. The molecule has 7 heteroatoms. The lowest BCUT2D eigenvalue weighted by atomic mass is 10.0. The molecule has 3 aromatic carbocycles.